The van der Waals surface area contributed by atoms with Gasteiger partial charge in [-0.3, -0.25) is 0 Å². The molecule has 11 heavy (non-hydrogen) atoms. The molecule has 0 aromatic carbocycles. The van der Waals surface area contributed by atoms with Crippen LogP contribution >= 0.6 is 0 Å². The van der Waals surface area contributed by atoms with E-state index in [1.165, 1.54) is 0 Å². The predicted molar refractivity (Wildman–Crippen MR) is 22.6 cm³/mol. The molecule has 7 heteroatoms. The van der Waals surface area contributed by atoms with Crippen molar-refractivity contribution in [1.29, 1.82) is 0 Å². The van der Waals surface area contributed by atoms with Crippen LogP contribution in [0.2, 0.25) is 0 Å². The Labute approximate surface area is 128 Å². The molecule has 0 aliphatic heterocycles. The van der Waals surface area contributed by atoms with Crippen LogP contribution in [-0.2, 0) is 9.59 Å². The van der Waals surface area contributed by atoms with E-state index in [1.54, 1.807) is 0 Å². The molecule has 0 radical (unpaired) electrons. The first kappa shape index (κ1) is 18.3. The van der Waals surface area contributed by atoms with E-state index in [0.29, 0.717) is 0 Å². The molecule has 0 spiro atoms. The number of carbonyl (C=O) groups excluding carboxylic acids is 2. The Bertz CT molecular complexity index is 142. The number of carboxylic acids is 2. The van der Waals surface area contributed by atoms with Gasteiger partial charge in [0.1, 0.15) is 0 Å². The molecule has 52 valence electrons. The first-order valence-electron chi connectivity index (χ1n) is 2.20. The summed E-state index contributed by atoms with van der Waals surface area (Å²) in [5.74, 6) is -3.08. The predicted octanol–water partition coefficient (Wildman–Crippen LogP) is -9.79. The molecular weight excluding hydrogens is 188 g/mol. The van der Waals surface area contributed by atoms with E-state index in [9.17, 15) is 19.8 Å². The second-order valence-corrected chi connectivity index (χ2v) is 1.50. The molecular formula is C4H5KNNaO4. The van der Waals surface area contributed by atoms with Crippen molar-refractivity contribution in [1.82, 2.24) is 0 Å². The first-order valence-corrected chi connectivity index (χ1v) is 2.20. The van der Waals surface area contributed by atoms with Crippen LogP contribution in [0, 0.1) is 0 Å². The fourth-order valence-electron chi connectivity index (χ4n) is 0.263. The number of rotatable bonds is 3. The molecule has 0 rings (SSSR count). The number of nitrogens with two attached hydrogens (primary N) is 1. The summed E-state index contributed by atoms with van der Waals surface area (Å²) in [6.45, 7) is 0. The third-order valence-electron chi connectivity index (χ3n) is 0.689. The monoisotopic (exact) mass is 193 g/mol. The molecule has 0 fully saturated rings. The van der Waals surface area contributed by atoms with E-state index in [1.807, 2.05) is 0 Å². The molecule has 0 aliphatic rings. The normalized spacial score (nSPS) is 10.3. The third kappa shape index (κ3) is 11.5. The molecule has 0 heterocycles. The van der Waals surface area contributed by atoms with Crippen LogP contribution in [0.15, 0.2) is 0 Å². The summed E-state index contributed by atoms with van der Waals surface area (Å²) in [6.07, 6.45) is -0.706. The molecule has 0 bridgehead atoms. The van der Waals surface area contributed by atoms with Gasteiger partial charge in [-0.15, -0.1) is 0 Å². The Morgan fingerprint density at radius 2 is 1.73 bits per heavy atom. The van der Waals surface area contributed by atoms with E-state index in [0.717, 1.165) is 0 Å². The fraction of sp³-hybridized carbons (Fsp3) is 0.500. The molecule has 0 amide bonds. The zero-order valence-corrected chi connectivity index (χ0v) is 11.6. The smallest absolute Gasteiger partial charge is 0.550 e. The summed E-state index contributed by atoms with van der Waals surface area (Å²) < 4.78 is 0. The minimum atomic E-state index is -1.58. The van der Waals surface area contributed by atoms with Crippen molar-refractivity contribution in [2.24, 2.45) is 5.73 Å². The largest absolute Gasteiger partial charge is 1.00 e. The molecule has 2 N–H and O–H groups in total. The van der Waals surface area contributed by atoms with Gasteiger partial charge in [-0.05, 0) is 0 Å². The number of carboxylic acid groups (broad SMARTS) is 2. The van der Waals surface area contributed by atoms with Gasteiger partial charge in [-0.1, -0.05) is 0 Å². The van der Waals surface area contributed by atoms with Gasteiger partial charge in [0.05, 0.1) is 5.97 Å². The average Bonchev–Trinajstić information content (AvgIpc) is 1.63. The van der Waals surface area contributed by atoms with Gasteiger partial charge >= 0.3 is 80.9 Å². The van der Waals surface area contributed by atoms with Gasteiger partial charge < -0.3 is 25.5 Å². The van der Waals surface area contributed by atoms with Crippen molar-refractivity contribution in [3.63, 3.8) is 0 Å². The summed E-state index contributed by atoms with van der Waals surface area (Å²) in [7, 11) is 0. The molecule has 0 aromatic rings. The van der Waals surface area contributed by atoms with Gasteiger partial charge in [0, 0.05) is 18.4 Å². The molecule has 0 saturated carbocycles. The Hall–Kier alpha value is 1.54. The van der Waals surface area contributed by atoms with Crippen molar-refractivity contribution in [2.45, 2.75) is 12.5 Å². The summed E-state index contributed by atoms with van der Waals surface area (Å²) in [5.41, 5.74) is 4.73. The summed E-state index contributed by atoms with van der Waals surface area (Å²) in [4.78, 5) is 19.3. The Morgan fingerprint density at radius 3 is 1.82 bits per heavy atom. The number of hydrogen-bond donors (Lipinski definition) is 1. The van der Waals surface area contributed by atoms with Crippen LogP contribution in [0.4, 0.5) is 0 Å². The first-order chi connectivity index (χ1) is 4.04. The summed E-state index contributed by atoms with van der Waals surface area (Å²) in [5, 5.41) is 19.3. The van der Waals surface area contributed by atoms with E-state index >= 15 is 0 Å². The van der Waals surface area contributed by atoms with Crippen molar-refractivity contribution in [3.05, 3.63) is 0 Å². The van der Waals surface area contributed by atoms with Crippen LogP contribution < -0.4 is 96.9 Å². The van der Waals surface area contributed by atoms with E-state index in [-0.39, 0.29) is 80.9 Å². The standard InChI is InChI=1S/C4H7NO4.K.Na/c5-2(4(8)9)1-3(6)7;;/h2H,1,5H2,(H,6,7)(H,8,9);;/q;2*+1/p-2/t2-;;/m0../s1. The molecule has 1 atom stereocenters. The summed E-state index contributed by atoms with van der Waals surface area (Å²) >= 11 is 0. The minimum Gasteiger partial charge on any atom is -0.550 e. The fourth-order valence-corrected chi connectivity index (χ4v) is 0.263. The van der Waals surface area contributed by atoms with Crippen molar-refractivity contribution >= 4 is 11.9 Å². The molecule has 0 saturated heterocycles. The van der Waals surface area contributed by atoms with Gasteiger partial charge in [-0.2, -0.15) is 0 Å². The number of aliphatic carboxylic acids is 2. The quantitative estimate of drug-likeness (QED) is 0.448. The van der Waals surface area contributed by atoms with Gasteiger partial charge in [-0.25, -0.2) is 0 Å². The molecule has 0 unspecified atom stereocenters. The molecule has 0 aliphatic carbocycles. The van der Waals surface area contributed by atoms with Crippen molar-refractivity contribution in [2.75, 3.05) is 0 Å². The zero-order chi connectivity index (χ0) is 7.44. The topological polar surface area (TPSA) is 106 Å². The Balaban J connectivity index is -0.000000320. The SMILES string of the molecule is N[C@@H](CC(=O)[O-])C(=O)[O-].[K+].[Na+]. The molecule has 5 nitrogen and oxygen atoms in total. The van der Waals surface area contributed by atoms with Gasteiger partial charge in [0.15, 0.2) is 0 Å². The van der Waals surface area contributed by atoms with Gasteiger partial charge in [0.2, 0.25) is 0 Å². The zero-order valence-electron chi connectivity index (χ0n) is 6.49. The minimum absolute atomic E-state index is 0. The van der Waals surface area contributed by atoms with E-state index < -0.39 is 24.4 Å². The van der Waals surface area contributed by atoms with Crippen LogP contribution in [0.5, 0.6) is 0 Å². The van der Waals surface area contributed by atoms with Gasteiger partial charge in [0.25, 0.3) is 0 Å². The van der Waals surface area contributed by atoms with Crippen LogP contribution in [0.25, 0.3) is 0 Å². The van der Waals surface area contributed by atoms with Crippen LogP contribution in [0.1, 0.15) is 6.42 Å². The van der Waals surface area contributed by atoms with Crippen LogP contribution in [-0.4, -0.2) is 18.0 Å². The average molecular weight is 193 g/mol. The maximum atomic E-state index is 9.71. The number of hydrogen-bond acceptors (Lipinski definition) is 5. The van der Waals surface area contributed by atoms with Crippen molar-refractivity contribution in [3.8, 4) is 0 Å². The number of carbonyl (C=O) groups is 2. The maximum absolute atomic E-state index is 9.71. The summed E-state index contributed by atoms with van der Waals surface area (Å²) in [6, 6.07) is -1.46. The van der Waals surface area contributed by atoms with E-state index in [4.69, 9.17) is 5.73 Å². The maximum Gasteiger partial charge on any atom is 1.00 e. The van der Waals surface area contributed by atoms with Crippen molar-refractivity contribution < 1.29 is 101 Å². The Morgan fingerprint density at radius 1 is 1.36 bits per heavy atom. The molecule has 0 aromatic heterocycles. The second-order valence-electron chi connectivity index (χ2n) is 1.50. The third-order valence-corrected chi connectivity index (χ3v) is 0.689. The van der Waals surface area contributed by atoms with Crippen LogP contribution in [0.3, 0.4) is 0 Å². The van der Waals surface area contributed by atoms with E-state index in [2.05, 4.69) is 0 Å². The Kier molecular flexibility index (Phi) is 16.0. The second kappa shape index (κ2) is 9.62.